The van der Waals surface area contributed by atoms with E-state index in [9.17, 15) is 4.79 Å². The van der Waals surface area contributed by atoms with Crippen LogP contribution in [0.5, 0.6) is 0 Å². The highest BCUT2D eigenvalue weighted by Gasteiger charge is 2.02. The SMILES string of the molecule is N#CC(=NCO)C(N)=O. The quantitative estimate of drug-likeness (QED) is 0.436. The second-order valence-electron chi connectivity index (χ2n) is 1.12. The highest BCUT2D eigenvalue weighted by Crippen LogP contribution is 1.72. The maximum atomic E-state index is 10.1. The standard InChI is InChI=1S/C4H5N3O2/c5-1-3(4(6)9)7-2-8/h8H,2H2,(H2,6,9). The van der Waals surface area contributed by atoms with Gasteiger partial charge in [0, 0.05) is 0 Å². The Bertz CT molecular complexity index is 179. The molecular weight excluding hydrogens is 122 g/mol. The van der Waals surface area contributed by atoms with E-state index in [1.54, 1.807) is 0 Å². The highest BCUT2D eigenvalue weighted by molar-refractivity contribution is 6.44. The molecule has 0 fully saturated rings. The van der Waals surface area contributed by atoms with Crippen molar-refractivity contribution < 1.29 is 9.90 Å². The lowest BCUT2D eigenvalue weighted by atomic mass is 10.4. The number of aliphatic hydroxyl groups is 1. The van der Waals surface area contributed by atoms with Gasteiger partial charge < -0.3 is 10.8 Å². The number of rotatable bonds is 2. The maximum absolute atomic E-state index is 10.1. The predicted octanol–water partition coefficient (Wildman–Crippen LogP) is -1.61. The molecule has 0 saturated heterocycles. The van der Waals surface area contributed by atoms with E-state index in [0.29, 0.717) is 0 Å². The molecule has 0 atom stereocenters. The van der Waals surface area contributed by atoms with Crippen molar-refractivity contribution in [3.8, 4) is 6.07 Å². The van der Waals surface area contributed by atoms with Crippen molar-refractivity contribution in [2.45, 2.75) is 0 Å². The van der Waals surface area contributed by atoms with Gasteiger partial charge in [-0.3, -0.25) is 4.79 Å². The van der Waals surface area contributed by atoms with Crippen LogP contribution in [0.1, 0.15) is 0 Å². The number of aliphatic imine (C=N–C) groups is 1. The van der Waals surface area contributed by atoms with Crippen molar-refractivity contribution in [3.63, 3.8) is 0 Å². The molecule has 0 heterocycles. The molecule has 0 unspecified atom stereocenters. The normalized spacial score (nSPS) is 10.4. The summed E-state index contributed by atoms with van der Waals surface area (Å²) < 4.78 is 0. The highest BCUT2D eigenvalue weighted by atomic mass is 16.3. The molecular formula is C4H5N3O2. The van der Waals surface area contributed by atoms with Gasteiger partial charge in [-0.2, -0.15) is 5.26 Å². The topological polar surface area (TPSA) is 99.5 Å². The molecule has 0 aliphatic heterocycles. The van der Waals surface area contributed by atoms with E-state index in [0.717, 1.165) is 0 Å². The van der Waals surface area contributed by atoms with Crippen LogP contribution in [0.15, 0.2) is 4.99 Å². The Labute approximate surface area is 51.4 Å². The van der Waals surface area contributed by atoms with E-state index >= 15 is 0 Å². The zero-order chi connectivity index (χ0) is 7.28. The van der Waals surface area contributed by atoms with E-state index in [-0.39, 0.29) is 0 Å². The monoisotopic (exact) mass is 127 g/mol. The number of primary amides is 1. The molecule has 0 aromatic rings. The first-order valence-corrected chi connectivity index (χ1v) is 2.07. The first kappa shape index (κ1) is 7.59. The van der Waals surface area contributed by atoms with Crippen LogP contribution in [0.25, 0.3) is 0 Å². The lowest BCUT2D eigenvalue weighted by Gasteiger charge is -1.84. The molecule has 0 aromatic heterocycles. The van der Waals surface area contributed by atoms with Crippen LogP contribution in [-0.4, -0.2) is 23.5 Å². The number of carbonyl (C=O) groups is 1. The van der Waals surface area contributed by atoms with Crippen LogP contribution in [-0.2, 0) is 4.79 Å². The molecule has 1 amide bonds. The summed E-state index contributed by atoms with van der Waals surface area (Å²) in [5.74, 6) is -0.924. The van der Waals surface area contributed by atoms with Gasteiger partial charge in [-0.25, -0.2) is 4.99 Å². The summed E-state index contributed by atoms with van der Waals surface area (Å²) in [6.07, 6.45) is 0. The second kappa shape index (κ2) is 3.57. The predicted molar refractivity (Wildman–Crippen MR) is 29.3 cm³/mol. The van der Waals surface area contributed by atoms with Crippen molar-refractivity contribution >= 4 is 11.6 Å². The first-order chi connectivity index (χ1) is 4.22. The van der Waals surface area contributed by atoms with Crippen molar-refractivity contribution in [1.29, 1.82) is 5.26 Å². The summed E-state index contributed by atoms with van der Waals surface area (Å²) in [6.45, 7) is -0.591. The van der Waals surface area contributed by atoms with Crippen LogP contribution in [0.2, 0.25) is 0 Å². The van der Waals surface area contributed by atoms with Gasteiger partial charge in [0.2, 0.25) is 5.71 Å². The van der Waals surface area contributed by atoms with Gasteiger partial charge in [-0.1, -0.05) is 0 Å². The van der Waals surface area contributed by atoms with Crippen molar-refractivity contribution in [3.05, 3.63) is 0 Å². The molecule has 0 aliphatic carbocycles. The Morgan fingerprint density at radius 3 is 2.56 bits per heavy atom. The Morgan fingerprint density at radius 1 is 1.89 bits per heavy atom. The van der Waals surface area contributed by atoms with Gasteiger partial charge in [0.1, 0.15) is 12.8 Å². The van der Waals surface area contributed by atoms with Gasteiger partial charge >= 0.3 is 0 Å². The number of nitriles is 1. The fourth-order valence-corrected chi connectivity index (χ4v) is 0.239. The van der Waals surface area contributed by atoms with Crippen LogP contribution in [0, 0.1) is 11.3 Å². The van der Waals surface area contributed by atoms with Gasteiger partial charge in [-0.15, -0.1) is 0 Å². The molecule has 5 nitrogen and oxygen atoms in total. The fourth-order valence-electron chi connectivity index (χ4n) is 0.239. The number of hydrogen-bond acceptors (Lipinski definition) is 4. The summed E-state index contributed by atoms with van der Waals surface area (Å²) in [4.78, 5) is 13.2. The van der Waals surface area contributed by atoms with E-state index in [2.05, 4.69) is 10.7 Å². The minimum atomic E-state index is -0.924. The molecule has 0 saturated carbocycles. The molecule has 0 rings (SSSR count). The van der Waals surface area contributed by atoms with E-state index in [1.165, 1.54) is 6.07 Å². The number of aliphatic hydroxyl groups excluding tert-OH is 1. The van der Waals surface area contributed by atoms with Gasteiger partial charge in [0.05, 0.1) is 0 Å². The van der Waals surface area contributed by atoms with E-state index < -0.39 is 18.3 Å². The zero-order valence-corrected chi connectivity index (χ0v) is 4.53. The molecule has 0 aromatic carbocycles. The summed E-state index contributed by atoms with van der Waals surface area (Å²) >= 11 is 0. The summed E-state index contributed by atoms with van der Waals surface area (Å²) in [7, 11) is 0. The van der Waals surface area contributed by atoms with Gasteiger partial charge in [0.15, 0.2) is 0 Å². The number of carbonyl (C=O) groups excluding carboxylic acids is 1. The van der Waals surface area contributed by atoms with E-state index in [1.807, 2.05) is 0 Å². The van der Waals surface area contributed by atoms with Crippen molar-refractivity contribution in [1.82, 2.24) is 0 Å². The smallest absolute Gasteiger partial charge is 0.277 e. The van der Waals surface area contributed by atoms with Crippen LogP contribution in [0.4, 0.5) is 0 Å². The van der Waals surface area contributed by atoms with Gasteiger partial charge in [-0.05, 0) is 0 Å². The molecule has 9 heavy (non-hydrogen) atoms. The number of nitrogens with two attached hydrogens (primary N) is 1. The molecule has 3 N–H and O–H groups in total. The zero-order valence-electron chi connectivity index (χ0n) is 4.53. The molecule has 0 aliphatic rings. The number of hydrogen-bond donors (Lipinski definition) is 2. The average molecular weight is 127 g/mol. The third kappa shape index (κ3) is 2.41. The first-order valence-electron chi connectivity index (χ1n) is 2.07. The van der Waals surface area contributed by atoms with Crippen LogP contribution in [0.3, 0.4) is 0 Å². The fraction of sp³-hybridized carbons (Fsp3) is 0.250. The molecule has 0 spiro atoms. The van der Waals surface area contributed by atoms with Gasteiger partial charge in [0.25, 0.3) is 5.91 Å². The molecule has 48 valence electrons. The Morgan fingerprint density at radius 2 is 2.44 bits per heavy atom. The third-order valence-electron chi connectivity index (χ3n) is 0.568. The largest absolute Gasteiger partial charge is 0.375 e. The van der Waals surface area contributed by atoms with E-state index in [4.69, 9.17) is 10.4 Å². The third-order valence-corrected chi connectivity index (χ3v) is 0.568. The molecule has 0 bridgehead atoms. The lowest BCUT2D eigenvalue weighted by Crippen LogP contribution is -2.21. The Hall–Kier alpha value is -1.41. The number of amides is 1. The minimum Gasteiger partial charge on any atom is -0.375 e. The van der Waals surface area contributed by atoms with Crippen molar-refractivity contribution in [2.24, 2.45) is 10.7 Å². The molecule has 0 radical (unpaired) electrons. The summed E-state index contributed by atoms with van der Waals surface area (Å²) in [5.41, 5.74) is 4.17. The molecule has 5 heteroatoms. The average Bonchev–Trinajstić information content (AvgIpc) is 1.82. The second-order valence-corrected chi connectivity index (χ2v) is 1.12. The summed E-state index contributed by atoms with van der Waals surface area (Å²) in [5, 5.41) is 16.1. The maximum Gasteiger partial charge on any atom is 0.277 e. The lowest BCUT2D eigenvalue weighted by molar-refractivity contribution is -0.111. The Kier molecular flexibility index (Phi) is 3.01. The number of nitrogens with zero attached hydrogens (tertiary/aromatic N) is 2. The van der Waals surface area contributed by atoms with Crippen molar-refractivity contribution in [2.75, 3.05) is 6.73 Å². The Balaban J connectivity index is 4.20. The van der Waals surface area contributed by atoms with Crippen LogP contribution < -0.4 is 5.73 Å². The minimum absolute atomic E-state index is 0.461. The summed E-state index contributed by atoms with van der Waals surface area (Å²) in [6, 6.07) is 1.42. The van der Waals surface area contributed by atoms with Crippen LogP contribution >= 0.6 is 0 Å².